The molecular formula is C19H26N2O6S2. The monoisotopic (exact) mass is 442 g/mol. The van der Waals surface area contributed by atoms with E-state index in [9.17, 15) is 16.8 Å². The zero-order valence-corrected chi connectivity index (χ0v) is 18.2. The molecule has 1 atom stereocenters. The molecular weight excluding hydrogens is 416 g/mol. The lowest BCUT2D eigenvalue weighted by molar-refractivity contribution is 0.340. The molecule has 29 heavy (non-hydrogen) atoms. The molecule has 0 radical (unpaired) electrons. The molecule has 0 unspecified atom stereocenters. The minimum Gasteiger partial charge on any atom is -0.494 e. The van der Waals surface area contributed by atoms with Gasteiger partial charge in [0.2, 0.25) is 20.0 Å². The summed E-state index contributed by atoms with van der Waals surface area (Å²) in [5.74, 6) is 1.14. The fourth-order valence-corrected chi connectivity index (χ4v) is 4.83. The molecule has 160 valence electrons. The summed E-state index contributed by atoms with van der Waals surface area (Å²) in [7, 11) is -7.57. The van der Waals surface area contributed by atoms with Gasteiger partial charge in [0.1, 0.15) is 11.5 Å². The number of ether oxygens (including phenoxy) is 2. The highest BCUT2D eigenvalue weighted by Crippen LogP contribution is 2.17. The number of rotatable bonds is 11. The van der Waals surface area contributed by atoms with Crippen LogP contribution in [0.5, 0.6) is 11.5 Å². The van der Waals surface area contributed by atoms with Gasteiger partial charge in [-0.05, 0) is 69.3 Å². The molecule has 8 nitrogen and oxygen atoms in total. The van der Waals surface area contributed by atoms with Crippen LogP contribution in [0.4, 0.5) is 0 Å². The van der Waals surface area contributed by atoms with Crippen molar-refractivity contribution in [1.82, 2.24) is 9.44 Å². The molecule has 0 bridgehead atoms. The number of hydrogen-bond donors (Lipinski definition) is 2. The van der Waals surface area contributed by atoms with Crippen molar-refractivity contribution in [2.75, 3.05) is 19.8 Å². The molecule has 0 heterocycles. The van der Waals surface area contributed by atoms with Crippen LogP contribution in [-0.2, 0) is 20.0 Å². The van der Waals surface area contributed by atoms with Gasteiger partial charge in [0.15, 0.2) is 0 Å². The van der Waals surface area contributed by atoms with Gasteiger partial charge in [0.25, 0.3) is 0 Å². The van der Waals surface area contributed by atoms with E-state index in [1.807, 2.05) is 13.8 Å². The Hall–Kier alpha value is -2.14. The number of nitrogens with one attached hydrogen (secondary N) is 2. The normalized spacial score (nSPS) is 13.1. The molecule has 2 aromatic rings. The summed E-state index contributed by atoms with van der Waals surface area (Å²) >= 11 is 0. The van der Waals surface area contributed by atoms with Crippen molar-refractivity contribution < 1.29 is 26.3 Å². The van der Waals surface area contributed by atoms with Crippen molar-refractivity contribution in [3.05, 3.63) is 48.5 Å². The topological polar surface area (TPSA) is 111 Å². The zero-order valence-electron chi connectivity index (χ0n) is 16.6. The van der Waals surface area contributed by atoms with E-state index in [0.29, 0.717) is 24.7 Å². The molecule has 0 fully saturated rings. The lowest BCUT2D eigenvalue weighted by Crippen LogP contribution is -2.41. The van der Waals surface area contributed by atoms with E-state index < -0.39 is 26.1 Å². The molecule has 10 heteroatoms. The smallest absolute Gasteiger partial charge is 0.240 e. The Labute approximate surface area is 172 Å². The van der Waals surface area contributed by atoms with Crippen LogP contribution in [0, 0.1) is 0 Å². The maximum Gasteiger partial charge on any atom is 0.240 e. The number of benzene rings is 2. The van der Waals surface area contributed by atoms with E-state index in [2.05, 4.69) is 9.44 Å². The van der Waals surface area contributed by atoms with Crippen LogP contribution >= 0.6 is 0 Å². The second-order valence-corrected chi connectivity index (χ2v) is 9.66. The first-order valence-electron chi connectivity index (χ1n) is 9.15. The Morgan fingerprint density at radius 1 is 0.759 bits per heavy atom. The molecule has 2 rings (SSSR count). The highest BCUT2D eigenvalue weighted by atomic mass is 32.2. The van der Waals surface area contributed by atoms with Crippen LogP contribution < -0.4 is 18.9 Å². The van der Waals surface area contributed by atoms with Crippen molar-refractivity contribution in [3.8, 4) is 11.5 Å². The summed E-state index contributed by atoms with van der Waals surface area (Å²) in [6, 6.07) is 11.3. The van der Waals surface area contributed by atoms with Gasteiger partial charge < -0.3 is 9.47 Å². The van der Waals surface area contributed by atoms with Crippen molar-refractivity contribution in [2.45, 2.75) is 36.6 Å². The van der Waals surface area contributed by atoms with E-state index in [-0.39, 0.29) is 16.3 Å². The van der Waals surface area contributed by atoms with Crippen molar-refractivity contribution >= 4 is 20.0 Å². The third-order valence-electron chi connectivity index (χ3n) is 3.83. The van der Waals surface area contributed by atoms with Gasteiger partial charge in [0, 0.05) is 12.6 Å². The van der Waals surface area contributed by atoms with Gasteiger partial charge in [-0.1, -0.05) is 0 Å². The first kappa shape index (κ1) is 23.1. The summed E-state index contributed by atoms with van der Waals surface area (Å²) in [5, 5.41) is 0. The standard InChI is InChI=1S/C19H26N2O6S2/c1-4-26-16-6-10-18(11-7-16)28(22,23)20-14-15(3)21-29(24,25)19-12-8-17(9-13-19)27-5-2/h6-13,15,20-21H,4-5,14H2,1-3H3/t15-/m0/s1. The maximum absolute atomic E-state index is 12.5. The fourth-order valence-electron chi connectivity index (χ4n) is 2.46. The summed E-state index contributed by atoms with van der Waals surface area (Å²) in [4.78, 5) is 0.143. The largest absolute Gasteiger partial charge is 0.494 e. The van der Waals surface area contributed by atoms with Crippen LogP contribution in [-0.4, -0.2) is 42.6 Å². The quantitative estimate of drug-likeness (QED) is 0.552. The first-order valence-corrected chi connectivity index (χ1v) is 12.1. The van der Waals surface area contributed by atoms with E-state index >= 15 is 0 Å². The van der Waals surface area contributed by atoms with Crippen molar-refractivity contribution in [1.29, 1.82) is 0 Å². The Kier molecular flexibility index (Phi) is 8.03. The Morgan fingerprint density at radius 2 is 1.17 bits per heavy atom. The summed E-state index contributed by atoms with van der Waals surface area (Å²) < 4.78 is 65.2. The van der Waals surface area contributed by atoms with Gasteiger partial charge in [-0.2, -0.15) is 0 Å². The molecule has 2 aromatic carbocycles. The molecule has 0 amide bonds. The SMILES string of the molecule is CCOc1ccc(S(=O)(=O)NC[C@H](C)NS(=O)(=O)c2ccc(OCC)cc2)cc1. The highest BCUT2D eigenvalue weighted by Gasteiger charge is 2.20. The summed E-state index contributed by atoms with van der Waals surface area (Å²) in [5.41, 5.74) is 0. The van der Waals surface area contributed by atoms with E-state index in [1.54, 1.807) is 31.2 Å². The van der Waals surface area contributed by atoms with Crippen LogP contribution in [0.15, 0.2) is 58.3 Å². The number of sulfonamides is 2. The summed E-state index contributed by atoms with van der Waals surface area (Å²) in [6.45, 7) is 6.11. The van der Waals surface area contributed by atoms with Crippen LogP contribution in [0.2, 0.25) is 0 Å². The molecule has 0 spiro atoms. The number of hydrogen-bond acceptors (Lipinski definition) is 6. The second kappa shape index (κ2) is 10.1. The van der Waals surface area contributed by atoms with Gasteiger partial charge in [0.05, 0.1) is 23.0 Å². The molecule has 0 aliphatic heterocycles. The van der Waals surface area contributed by atoms with Crippen LogP contribution in [0.3, 0.4) is 0 Å². The molecule has 0 saturated heterocycles. The Morgan fingerprint density at radius 3 is 1.59 bits per heavy atom. The third kappa shape index (κ3) is 6.70. The Bertz CT molecular complexity index is 988. The minimum absolute atomic E-state index is 0.0715. The third-order valence-corrected chi connectivity index (χ3v) is 6.87. The second-order valence-electron chi connectivity index (χ2n) is 6.18. The minimum atomic E-state index is -3.79. The van der Waals surface area contributed by atoms with Gasteiger partial charge in [-0.25, -0.2) is 26.3 Å². The lowest BCUT2D eigenvalue weighted by Gasteiger charge is -2.16. The maximum atomic E-state index is 12.5. The van der Waals surface area contributed by atoms with Crippen LogP contribution in [0.25, 0.3) is 0 Å². The van der Waals surface area contributed by atoms with Gasteiger partial charge in [-0.15, -0.1) is 0 Å². The molecule has 0 saturated carbocycles. The first-order chi connectivity index (χ1) is 13.7. The Balaban J connectivity index is 1.97. The van der Waals surface area contributed by atoms with Crippen molar-refractivity contribution in [3.63, 3.8) is 0 Å². The van der Waals surface area contributed by atoms with E-state index in [1.165, 1.54) is 24.3 Å². The molecule has 0 aliphatic carbocycles. The average Bonchev–Trinajstić information content (AvgIpc) is 2.68. The highest BCUT2D eigenvalue weighted by molar-refractivity contribution is 7.90. The average molecular weight is 443 g/mol. The van der Waals surface area contributed by atoms with Crippen molar-refractivity contribution in [2.24, 2.45) is 0 Å². The predicted molar refractivity (Wildman–Crippen MR) is 110 cm³/mol. The predicted octanol–water partition coefficient (Wildman–Crippen LogP) is 2.13. The van der Waals surface area contributed by atoms with Gasteiger partial charge >= 0.3 is 0 Å². The zero-order chi connectivity index (χ0) is 21.5. The fraction of sp³-hybridized carbons (Fsp3) is 0.368. The van der Waals surface area contributed by atoms with E-state index in [0.717, 1.165) is 0 Å². The lowest BCUT2D eigenvalue weighted by atomic mass is 10.3. The molecule has 2 N–H and O–H groups in total. The van der Waals surface area contributed by atoms with E-state index in [4.69, 9.17) is 9.47 Å². The van der Waals surface area contributed by atoms with Crippen LogP contribution in [0.1, 0.15) is 20.8 Å². The molecule has 0 aliphatic rings. The van der Waals surface area contributed by atoms with Gasteiger partial charge in [-0.3, -0.25) is 0 Å². The molecule has 0 aromatic heterocycles. The summed E-state index contributed by atoms with van der Waals surface area (Å²) in [6.07, 6.45) is 0.